The van der Waals surface area contributed by atoms with E-state index >= 15 is 0 Å². The van der Waals surface area contributed by atoms with Gasteiger partial charge in [0.05, 0.1) is 0 Å². The van der Waals surface area contributed by atoms with Gasteiger partial charge in [-0.05, 0) is 11.3 Å². The first-order valence-electron chi connectivity index (χ1n) is 2.98. The van der Waals surface area contributed by atoms with Gasteiger partial charge in [0, 0.05) is 12.8 Å². The van der Waals surface area contributed by atoms with E-state index in [1.807, 2.05) is 24.3 Å². The zero-order chi connectivity index (χ0) is 7.40. The van der Waals surface area contributed by atoms with E-state index in [2.05, 4.69) is 0 Å². The van der Waals surface area contributed by atoms with Crippen molar-refractivity contribution >= 4 is 20.6 Å². The largest absolute Gasteiger partial charge is 0.415 e. The standard InChI is InChI=1S/C7H9NOSi/c1-9-10-7-5-3-2-4-6(7)8/h2-5H,8H2,1H3. The zero-order valence-electron chi connectivity index (χ0n) is 5.79. The Balaban J connectivity index is 2.81. The number of nitrogen functional groups attached to an aromatic ring is 1. The third-order valence-electron chi connectivity index (χ3n) is 1.17. The van der Waals surface area contributed by atoms with Crippen LogP contribution in [0.25, 0.3) is 0 Å². The molecular weight excluding hydrogens is 142 g/mol. The topological polar surface area (TPSA) is 35.2 Å². The fourth-order valence-corrected chi connectivity index (χ4v) is 1.29. The number of hydrogen-bond donors (Lipinski definition) is 1. The summed E-state index contributed by atoms with van der Waals surface area (Å²) in [6.07, 6.45) is 0. The van der Waals surface area contributed by atoms with Crippen LogP contribution in [0.5, 0.6) is 0 Å². The van der Waals surface area contributed by atoms with Gasteiger partial charge < -0.3 is 10.2 Å². The second-order valence-corrected chi connectivity index (χ2v) is 3.04. The molecule has 0 atom stereocenters. The van der Waals surface area contributed by atoms with Crippen LogP contribution >= 0.6 is 0 Å². The van der Waals surface area contributed by atoms with E-state index in [-0.39, 0.29) is 0 Å². The molecule has 0 unspecified atom stereocenters. The lowest BCUT2D eigenvalue weighted by Crippen LogP contribution is -2.19. The van der Waals surface area contributed by atoms with Gasteiger partial charge in [0.2, 0.25) is 0 Å². The first-order chi connectivity index (χ1) is 4.84. The number of nitrogens with two attached hydrogens (primary N) is 1. The molecule has 1 aromatic carbocycles. The quantitative estimate of drug-likeness (QED) is 0.483. The lowest BCUT2D eigenvalue weighted by molar-refractivity contribution is 0.450. The highest BCUT2D eigenvalue weighted by Crippen LogP contribution is 1.94. The molecule has 3 heteroatoms. The Bertz CT molecular complexity index is 215. The van der Waals surface area contributed by atoms with Crippen molar-refractivity contribution in [2.24, 2.45) is 0 Å². The van der Waals surface area contributed by atoms with Gasteiger partial charge in [-0.1, -0.05) is 18.2 Å². The van der Waals surface area contributed by atoms with Gasteiger partial charge in [-0.2, -0.15) is 0 Å². The predicted molar refractivity (Wildman–Crippen MR) is 43.3 cm³/mol. The molecule has 0 bridgehead atoms. The maximum Gasteiger partial charge on any atom is 0.270 e. The Morgan fingerprint density at radius 3 is 2.70 bits per heavy atom. The summed E-state index contributed by atoms with van der Waals surface area (Å²) in [4.78, 5) is 0. The second kappa shape index (κ2) is 3.39. The molecule has 2 radical (unpaired) electrons. The van der Waals surface area contributed by atoms with Crippen molar-refractivity contribution in [2.75, 3.05) is 12.8 Å². The van der Waals surface area contributed by atoms with Crippen molar-refractivity contribution in [3.63, 3.8) is 0 Å². The van der Waals surface area contributed by atoms with Crippen molar-refractivity contribution in [3.8, 4) is 0 Å². The van der Waals surface area contributed by atoms with E-state index in [1.54, 1.807) is 7.11 Å². The molecule has 0 amide bonds. The number of benzene rings is 1. The molecule has 0 aliphatic rings. The van der Waals surface area contributed by atoms with Crippen LogP contribution < -0.4 is 10.9 Å². The minimum Gasteiger partial charge on any atom is -0.415 e. The first kappa shape index (κ1) is 7.31. The molecule has 0 aliphatic heterocycles. The van der Waals surface area contributed by atoms with Gasteiger partial charge >= 0.3 is 0 Å². The highest BCUT2D eigenvalue weighted by molar-refractivity contribution is 6.49. The molecule has 0 heterocycles. The van der Waals surface area contributed by atoms with Gasteiger partial charge in [-0.15, -0.1) is 0 Å². The molecule has 0 fully saturated rings. The van der Waals surface area contributed by atoms with Crippen LogP contribution in [0.4, 0.5) is 5.69 Å². The van der Waals surface area contributed by atoms with Crippen molar-refractivity contribution in [3.05, 3.63) is 24.3 Å². The van der Waals surface area contributed by atoms with E-state index < -0.39 is 0 Å². The molecule has 0 spiro atoms. The lowest BCUT2D eigenvalue weighted by atomic mass is 10.3. The Kier molecular flexibility index (Phi) is 2.47. The Hall–Kier alpha value is -0.803. The summed E-state index contributed by atoms with van der Waals surface area (Å²) in [5.74, 6) is 0. The summed E-state index contributed by atoms with van der Waals surface area (Å²) in [6, 6.07) is 7.72. The molecular formula is C7H9NOSi. The number of hydrogen-bond acceptors (Lipinski definition) is 2. The molecule has 1 rings (SSSR count). The smallest absolute Gasteiger partial charge is 0.270 e. The molecule has 1 aromatic rings. The van der Waals surface area contributed by atoms with Crippen LogP contribution in [-0.2, 0) is 4.43 Å². The fraction of sp³-hybridized carbons (Fsp3) is 0.143. The van der Waals surface area contributed by atoms with Gasteiger partial charge in [0.1, 0.15) is 0 Å². The number of anilines is 1. The van der Waals surface area contributed by atoms with Crippen LogP contribution in [0.2, 0.25) is 0 Å². The molecule has 52 valence electrons. The monoisotopic (exact) mass is 151 g/mol. The maximum absolute atomic E-state index is 5.63. The highest BCUT2D eigenvalue weighted by atomic mass is 28.2. The van der Waals surface area contributed by atoms with Gasteiger partial charge in [0.15, 0.2) is 0 Å². The van der Waals surface area contributed by atoms with Crippen molar-refractivity contribution in [2.45, 2.75) is 0 Å². The van der Waals surface area contributed by atoms with E-state index in [1.165, 1.54) is 0 Å². The summed E-state index contributed by atoms with van der Waals surface area (Å²) in [5, 5.41) is 1.07. The second-order valence-electron chi connectivity index (χ2n) is 1.89. The van der Waals surface area contributed by atoms with Gasteiger partial charge in [0.25, 0.3) is 9.76 Å². The normalized spacial score (nSPS) is 9.70. The fourth-order valence-electron chi connectivity index (χ4n) is 0.700. The van der Waals surface area contributed by atoms with Crippen LogP contribution in [0.1, 0.15) is 0 Å². The average Bonchev–Trinajstić information content (AvgIpc) is 1.94. The van der Waals surface area contributed by atoms with Crippen LogP contribution in [0, 0.1) is 0 Å². The first-order valence-corrected chi connectivity index (χ1v) is 3.89. The third-order valence-corrected chi connectivity index (χ3v) is 2.05. The van der Waals surface area contributed by atoms with Crippen molar-refractivity contribution < 1.29 is 4.43 Å². The van der Waals surface area contributed by atoms with Crippen molar-refractivity contribution in [1.82, 2.24) is 0 Å². The molecule has 2 nitrogen and oxygen atoms in total. The summed E-state index contributed by atoms with van der Waals surface area (Å²) in [7, 11) is 2.03. The SMILES string of the molecule is CO[Si]c1ccccc1N. The summed E-state index contributed by atoms with van der Waals surface area (Å²) in [6.45, 7) is 0. The highest BCUT2D eigenvalue weighted by Gasteiger charge is 1.96. The Morgan fingerprint density at radius 2 is 2.10 bits per heavy atom. The maximum atomic E-state index is 5.63. The lowest BCUT2D eigenvalue weighted by Gasteiger charge is -1.99. The summed E-state index contributed by atoms with van der Waals surface area (Å²) >= 11 is 0. The Morgan fingerprint density at radius 1 is 1.40 bits per heavy atom. The minimum absolute atomic E-state index is 0.361. The van der Waals surface area contributed by atoms with E-state index in [4.69, 9.17) is 10.2 Å². The zero-order valence-corrected chi connectivity index (χ0v) is 6.79. The van der Waals surface area contributed by atoms with E-state index in [0.717, 1.165) is 10.9 Å². The molecule has 0 aromatic heterocycles. The van der Waals surface area contributed by atoms with Crippen LogP contribution in [0.3, 0.4) is 0 Å². The summed E-state index contributed by atoms with van der Waals surface area (Å²) < 4.78 is 4.96. The van der Waals surface area contributed by atoms with E-state index in [0.29, 0.717) is 9.76 Å². The molecule has 10 heavy (non-hydrogen) atoms. The van der Waals surface area contributed by atoms with Gasteiger partial charge in [-0.25, -0.2) is 0 Å². The third kappa shape index (κ3) is 1.59. The van der Waals surface area contributed by atoms with Gasteiger partial charge in [-0.3, -0.25) is 0 Å². The Labute approximate surface area is 62.9 Å². The molecule has 0 saturated heterocycles. The molecule has 0 aliphatic carbocycles. The van der Waals surface area contributed by atoms with Crippen LogP contribution in [-0.4, -0.2) is 16.9 Å². The number of para-hydroxylation sites is 1. The molecule has 2 N–H and O–H groups in total. The minimum atomic E-state index is 0.361. The summed E-state index contributed by atoms with van der Waals surface area (Å²) in [5.41, 5.74) is 6.44. The predicted octanol–water partition coefficient (Wildman–Crippen LogP) is 0.160. The average molecular weight is 151 g/mol. The van der Waals surface area contributed by atoms with Crippen LogP contribution in [0.15, 0.2) is 24.3 Å². The van der Waals surface area contributed by atoms with Crippen molar-refractivity contribution in [1.29, 1.82) is 0 Å². The van der Waals surface area contributed by atoms with E-state index in [9.17, 15) is 0 Å². The molecule has 0 saturated carbocycles. The number of rotatable bonds is 2.